The predicted molar refractivity (Wildman–Crippen MR) is 75.4 cm³/mol. The predicted octanol–water partition coefficient (Wildman–Crippen LogP) is 3.17. The molecule has 1 aromatic rings. The van der Waals surface area contributed by atoms with Gasteiger partial charge in [-0.05, 0) is 36.5 Å². The number of carboxylic acid groups (broad SMARTS) is 1. The average Bonchev–Trinajstić information content (AvgIpc) is 3.07. The summed E-state index contributed by atoms with van der Waals surface area (Å²) in [6, 6.07) is 4.31. The summed E-state index contributed by atoms with van der Waals surface area (Å²) in [6.07, 6.45) is -0.283. The Kier molecular flexibility index (Phi) is 3.66. The van der Waals surface area contributed by atoms with Crippen LogP contribution in [-0.4, -0.2) is 17.0 Å². The van der Waals surface area contributed by atoms with Gasteiger partial charge in [0, 0.05) is 5.69 Å². The third-order valence-electron chi connectivity index (χ3n) is 4.50. The molecule has 122 valence electrons. The van der Waals surface area contributed by atoms with E-state index in [1.165, 1.54) is 12.1 Å². The van der Waals surface area contributed by atoms with Gasteiger partial charge < -0.3 is 10.4 Å². The van der Waals surface area contributed by atoms with Crippen molar-refractivity contribution in [3.8, 4) is 0 Å². The number of rotatable bonds is 3. The second kappa shape index (κ2) is 5.40. The lowest BCUT2D eigenvalue weighted by Crippen LogP contribution is -2.36. The average molecular weight is 325 g/mol. The number of carboxylic acids is 1. The molecule has 23 heavy (non-hydrogen) atoms. The first-order valence-electron chi connectivity index (χ1n) is 7.16. The minimum Gasteiger partial charge on any atom is -0.481 e. The minimum absolute atomic E-state index is 0.0146. The van der Waals surface area contributed by atoms with Crippen molar-refractivity contribution in [3.63, 3.8) is 0 Å². The number of hydrogen-bond donors (Lipinski definition) is 2. The van der Waals surface area contributed by atoms with Crippen LogP contribution in [0.15, 0.2) is 36.4 Å². The highest BCUT2D eigenvalue weighted by molar-refractivity contribution is 5.96. The van der Waals surface area contributed by atoms with Gasteiger partial charge in [0.1, 0.15) is 0 Å². The maximum Gasteiger partial charge on any atom is 0.416 e. The van der Waals surface area contributed by atoms with Gasteiger partial charge in [0.05, 0.1) is 17.4 Å². The minimum atomic E-state index is -4.50. The highest BCUT2D eigenvalue weighted by Crippen LogP contribution is 2.48. The Morgan fingerprint density at radius 2 is 1.78 bits per heavy atom. The molecular weight excluding hydrogens is 311 g/mol. The molecule has 0 spiro atoms. The van der Waals surface area contributed by atoms with Crippen LogP contribution in [0.25, 0.3) is 0 Å². The molecule has 7 heteroatoms. The van der Waals surface area contributed by atoms with Crippen molar-refractivity contribution in [2.75, 3.05) is 5.32 Å². The number of anilines is 1. The molecule has 2 aliphatic carbocycles. The first kappa shape index (κ1) is 15.6. The fraction of sp³-hybridized carbons (Fsp3) is 0.375. The molecule has 3 rings (SSSR count). The molecule has 1 saturated carbocycles. The Hall–Kier alpha value is -2.31. The Labute approximate surface area is 130 Å². The molecule has 0 saturated heterocycles. The van der Waals surface area contributed by atoms with Crippen LogP contribution in [0.3, 0.4) is 0 Å². The van der Waals surface area contributed by atoms with Crippen molar-refractivity contribution in [2.45, 2.75) is 12.6 Å². The summed E-state index contributed by atoms with van der Waals surface area (Å²) < 4.78 is 38.1. The van der Waals surface area contributed by atoms with Crippen LogP contribution in [0.1, 0.15) is 12.0 Å². The van der Waals surface area contributed by atoms with Crippen LogP contribution in [0.5, 0.6) is 0 Å². The van der Waals surface area contributed by atoms with E-state index in [1.54, 1.807) is 6.08 Å². The molecule has 2 aliphatic rings. The van der Waals surface area contributed by atoms with Crippen molar-refractivity contribution in [1.29, 1.82) is 0 Å². The first-order valence-corrected chi connectivity index (χ1v) is 7.16. The maximum atomic E-state index is 12.7. The van der Waals surface area contributed by atoms with E-state index in [4.69, 9.17) is 0 Å². The molecule has 1 aromatic carbocycles. The third-order valence-corrected chi connectivity index (χ3v) is 4.50. The topological polar surface area (TPSA) is 66.4 Å². The van der Waals surface area contributed by atoms with Gasteiger partial charge in [-0.15, -0.1) is 0 Å². The molecule has 0 aliphatic heterocycles. The molecule has 0 radical (unpaired) electrons. The van der Waals surface area contributed by atoms with Gasteiger partial charge in [-0.2, -0.15) is 13.2 Å². The number of alkyl halides is 3. The number of carbonyl (C=O) groups is 2. The fourth-order valence-electron chi connectivity index (χ4n) is 3.52. The van der Waals surface area contributed by atoms with Crippen molar-refractivity contribution in [1.82, 2.24) is 0 Å². The van der Waals surface area contributed by atoms with E-state index >= 15 is 0 Å². The quantitative estimate of drug-likeness (QED) is 0.839. The van der Waals surface area contributed by atoms with E-state index in [2.05, 4.69) is 5.32 Å². The number of fused-ring (bicyclic) bond motifs is 2. The standard InChI is InChI=1S/C16H14F3NO3/c17-16(18,19)10-2-1-3-11(7-10)20-14(21)12-8-4-5-9(6-8)13(12)15(22)23/h1-5,7-9,12-13H,6H2,(H,20,21)(H,22,23)/t8-,9+,12+,13-/m0/s1. The molecule has 4 nitrogen and oxygen atoms in total. The molecule has 1 amide bonds. The van der Waals surface area contributed by atoms with Crippen LogP contribution in [0.2, 0.25) is 0 Å². The van der Waals surface area contributed by atoms with Gasteiger partial charge in [-0.1, -0.05) is 18.2 Å². The lowest BCUT2D eigenvalue weighted by molar-refractivity contribution is -0.146. The molecule has 0 unspecified atom stereocenters. The molecule has 2 bridgehead atoms. The summed E-state index contributed by atoms with van der Waals surface area (Å²) in [6.45, 7) is 0. The summed E-state index contributed by atoms with van der Waals surface area (Å²) in [7, 11) is 0. The van der Waals surface area contributed by atoms with E-state index in [0.717, 1.165) is 12.1 Å². The van der Waals surface area contributed by atoms with Crippen LogP contribution in [0.4, 0.5) is 18.9 Å². The Balaban J connectivity index is 1.80. The summed E-state index contributed by atoms with van der Waals surface area (Å²) in [5.41, 5.74) is -0.848. The smallest absolute Gasteiger partial charge is 0.416 e. The number of aliphatic carboxylic acids is 1. The van der Waals surface area contributed by atoms with Crippen molar-refractivity contribution in [3.05, 3.63) is 42.0 Å². The van der Waals surface area contributed by atoms with E-state index in [9.17, 15) is 27.9 Å². The third kappa shape index (κ3) is 2.83. The van der Waals surface area contributed by atoms with Crippen LogP contribution >= 0.6 is 0 Å². The van der Waals surface area contributed by atoms with Gasteiger partial charge in [-0.25, -0.2) is 0 Å². The summed E-state index contributed by atoms with van der Waals surface area (Å²) in [5.74, 6) is -3.53. The van der Waals surface area contributed by atoms with Crippen molar-refractivity contribution < 1.29 is 27.9 Å². The largest absolute Gasteiger partial charge is 0.481 e. The summed E-state index contributed by atoms with van der Waals surface area (Å²) >= 11 is 0. The van der Waals surface area contributed by atoms with Gasteiger partial charge in [0.15, 0.2) is 0 Å². The van der Waals surface area contributed by atoms with Crippen LogP contribution < -0.4 is 5.32 Å². The molecule has 0 heterocycles. The Bertz CT molecular complexity index is 683. The number of halogens is 3. The fourth-order valence-corrected chi connectivity index (χ4v) is 3.52. The summed E-state index contributed by atoms with van der Waals surface area (Å²) in [5, 5.41) is 11.7. The van der Waals surface area contributed by atoms with Crippen LogP contribution in [-0.2, 0) is 15.8 Å². The highest BCUT2D eigenvalue weighted by Gasteiger charge is 2.51. The van der Waals surface area contributed by atoms with E-state index in [-0.39, 0.29) is 17.5 Å². The SMILES string of the molecule is O=C(O)[C@@H]1[C@H](C(=O)Nc2cccc(C(F)(F)F)c2)[C@H]2C=C[C@@H]1C2. The van der Waals surface area contributed by atoms with E-state index in [0.29, 0.717) is 6.42 Å². The van der Waals surface area contributed by atoms with Crippen molar-refractivity contribution in [2.24, 2.45) is 23.7 Å². The molecule has 2 N–H and O–H groups in total. The van der Waals surface area contributed by atoms with Gasteiger partial charge in [0.2, 0.25) is 5.91 Å². The van der Waals surface area contributed by atoms with Gasteiger partial charge in [-0.3, -0.25) is 9.59 Å². The second-order valence-corrected chi connectivity index (χ2v) is 5.91. The van der Waals surface area contributed by atoms with Crippen LogP contribution in [0, 0.1) is 23.7 Å². The second-order valence-electron chi connectivity index (χ2n) is 5.91. The van der Waals surface area contributed by atoms with Gasteiger partial charge >= 0.3 is 12.1 Å². The molecular formula is C16H14F3NO3. The number of hydrogen-bond acceptors (Lipinski definition) is 2. The zero-order valence-corrected chi connectivity index (χ0v) is 11.9. The number of nitrogens with one attached hydrogen (secondary N) is 1. The zero-order chi connectivity index (χ0) is 16.8. The number of benzene rings is 1. The lowest BCUT2D eigenvalue weighted by atomic mass is 9.82. The molecule has 4 atom stereocenters. The molecule has 0 aromatic heterocycles. The molecule has 1 fully saturated rings. The van der Waals surface area contributed by atoms with Crippen molar-refractivity contribution >= 4 is 17.6 Å². The Morgan fingerprint density at radius 3 is 2.39 bits per heavy atom. The van der Waals surface area contributed by atoms with Gasteiger partial charge in [0.25, 0.3) is 0 Å². The highest BCUT2D eigenvalue weighted by atomic mass is 19.4. The monoisotopic (exact) mass is 325 g/mol. The number of amides is 1. The Morgan fingerprint density at radius 1 is 1.13 bits per heavy atom. The number of carbonyl (C=O) groups excluding carboxylic acids is 1. The van der Waals surface area contributed by atoms with E-state index in [1.807, 2.05) is 6.08 Å². The number of allylic oxidation sites excluding steroid dienone is 2. The first-order chi connectivity index (χ1) is 10.8. The lowest BCUT2D eigenvalue weighted by Gasteiger charge is -2.24. The zero-order valence-electron chi connectivity index (χ0n) is 11.9. The normalized spacial score (nSPS) is 28.8. The maximum absolute atomic E-state index is 12.7. The van der Waals surface area contributed by atoms with E-state index < -0.39 is 35.5 Å². The summed E-state index contributed by atoms with van der Waals surface area (Å²) in [4.78, 5) is 23.8.